The maximum atomic E-state index is 14.1. The van der Waals surface area contributed by atoms with Gasteiger partial charge in [0.2, 0.25) is 5.82 Å². The van der Waals surface area contributed by atoms with Crippen LogP contribution in [0.4, 0.5) is 24.7 Å². The minimum absolute atomic E-state index is 0.142. The fourth-order valence-electron chi connectivity index (χ4n) is 2.49. The summed E-state index contributed by atoms with van der Waals surface area (Å²) >= 11 is 5.06. The van der Waals surface area contributed by atoms with E-state index < -0.39 is 50.1 Å². The molecule has 4 rings (SSSR count). The van der Waals surface area contributed by atoms with E-state index in [0.717, 1.165) is 4.57 Å². The number of rotatable bonds is 3. The molecule has 0 aliphatic carbocycles. The fraction of sp³-hybridized carbons (Fsp3) is 0.0588. The van der Waals surface area contributed by atoms with Crippen LogP contribution in [0.2, 0.25) is 5.02 Å². The van der Waals surface area contributed by atoms with Crippen molar-refractivity contribution in [1.82, 2.24) is 9.55 Å². The van der Waals surface area contributed by atoms with Gasteiger partial charge in [-0.15, -0.1) is 0 Å². The Balaban J connectivity index is 1.94. The Morgan fingerprint density at radius 3 is 2.57 bits per heavy atom. The molecule has 1 aromatic heterocycles. The zero-order chi connectivity index (χ0) is 20.0. The van der Waals surface area contributed by atoms with Gasteiger partial charge in [-0.2, -0.15) is 12.5 Å². The Kier molecular flexibility index (Phi) is 4.83. The highest BCUT2D eigenvalue weighted by molar-refractivity contribution is 14.2. The average Bonchev–Trinajstić information content (AvgIpc) is 3.02. The highest BCUT2D eigenvalue weighted by Crippen LogP contribution is 2.39. The third-order valence-corrected chi connectivity index (χ3v) is 5.84. The van der Waals surface area contributed by atoms with Crippen molar-refractivity contribution in [2.24, 2.45) is 3.15 Å². The van der Waals surface area contributed by atoms with Crippen LogP contribution >= 0.6 is 32.9 Å². The third-order valence-electron chi connectivity index (χ3n) is 3.78. The van der Waals surface area contributed by atoms with Crippen molar-refractivity contribution in [3.8, 4) is 17.4 Å². The van der Waals surface area contributed by atoms with E-state index in [1.807, 2.05) is 0 Å². The Hall–Kier alpha value is -2.47. The first-order valence-corrected chi connectivity index (χ1v) is 10.0. The van der Waals surface area contributed by atoms with Crippen molar-refractivity contribution in [1.29, 1.82) is 0 Å². The second-order valence-corrected chi connectivity index (χ2v) is 8.42. The zero-order valence-corrected chi connectivity index (χ0v) is 16.9. The third kappa shape index (κ3) is 3.26. The Morgan fingerprint density at radius 2 is 1.86 bits per heavy atom. The van der Waals surface area contributed by atoms with Crippen molar-refractivity contribution in [2.75, 3.05) is 10.2 Å². The van der Waals surface area contributed by atoms with E-state index in [9.17, 15) is 18.0 Å². The lowest BCUT2D eigenvalue weighted by Gasteiger charge is -2.16. The van der Waals surface area contributed by atoms with Gasteiger partial charge in [-0.3, -0.25) is 7.91 Å². The van der Waals surface area contributed by atoms with E-state index in [-0.39, 0.29) is 17.5 Å². The summed E-state index contributed by atoms with van der Waals surface area (Å²) in [4.78, 5) is 17.2. The van der Waals surface area contributed by atoms with E-state index >= 15 is 0 Å². The molecule has 0 atom stereocenters. The largest absolute Gasteiger partial charge is 0.422 e. The number of hydrogen-bond acceptors (Lipinski definition) is 5. The van der Waals surface area contributed by atoms with Crippen LogP contribution < -0.4 is 13.4 Å². The predicted molar refractivity (Wildman–Crippen MR) is 106 cm³/mol. The number of anilines is 1. The van der Waals surface area contributed by atoms with Crippen molar-refractivity contribution in [2.45, 2.75) is 0 Å². The van der Waals surface area contributed by atoms with Crippen molar-refractivity contribution in [3.05, 3.63) is 69.2 Å². The van der Waals surface area contributed by atoms with Gasteiger partial charge in [0, 0.05) is 24.2 Å². The van der Waals surface area contributed by atoms with Crippen LogP contribution in [-0.2, 0) is 0 Å². The van der Waals surface area contributed by atoms with E-state index in [1.165, 1.54) is 12.1 Å². The van der Waals surface area contributed by atoms with Gasteiger partial charge in [-0.1, -0.05) is 11.6 Å². The molecule has 0 saturated carbocycles. The van der Waals surface area contributed by atoms with Crippen LogP contribution in [0.25, 0.3) is 5.69 Å². The molecule has 0 bridgehead atoms. The Labute approximate surface area is 171 Å². The van der Waals surface area contributed by atoms with Gasteiger partial charge in [0.1, 0.15) is 27.1 Å². The van der Waals surface area contributed by atoms with Gasteiger partial charge in [0.05, 0.1) is 5.69 Å². The van der Waals surface area contributed by atoms with E-state index in [4.69, 9.17) is 16.3 Å². The molecule has 0 spiro atoms. The summed E-state index contributed by atoms with van der Waals surface area (Å²) < 4.78 is 53.5. The van der Waals surface area contributed by atoms with Gasteiger partial charge in [0.25, 0.3) is 5.56 Å². The van der Waals surface area contributed by atoms with Crippen molar-refractivity contribution < 1.29 is 17.9 Å². The lowest BCUT2D eigenvalue weighted by Crippen LogP contribution is -2.22. The zero-order valence-electron chi connectivity index (χ0n) is 14.0. The molecule has 2 heterocycles. The van der Waals surface area contributed by atoms with Crippen LogP contribution in [0.3, 0.4) is 0 Å². The minimum atomic E-state index is -1.42. The Morgan fingerprint density at radius 1 is 1.14 bits per heavy atom. The summed E-state index contributed by atoms with van der Waals surface area (Å²) in [5.74, 6) is -4.33. The summed E-state index contributed by atoms with van der Waals surface area (Å²) in [7, 11) is 1.70. The van der Waals surface area contributed by atoms with Gasteiger partial charge in [-0.05, 0) is 24.3 Å². The maximum absolute atomic E-state index is 14.1. The second kappa shape index (κ2) is 7.17. The van der Waals surface area contributed by atoms with Crippen molar-refractivity contribution in [3.63, 3.8) is 0 Å². The normalized spacial score (nSPS) is 12.7. The first-order valence-electron chi connectivity index (χ1n) is 7.69. The Bertz CT molecular complexity index is 1180. The maximum Gasteiger partial charge on any atom is 0.311 e. The molecule has 0 radical (unpaired) electrons. The molecule has 2 aromatic carbocycles. The molecule has 0 amide bonds. The number of ether oxygens (including phenoxy) is 1. The topological polar surface area (TPSA) is 59.7 Å². The molecular formula is C17H9ClF3IN4O2. The quantitative estimate of drug-likeness (QED) is 0.269. The average molecular weight is 521 g/mol. The number of aromatic nitrogens is 2. The van der Waals surface area contributed by atoms with Crippen LogP contribution in [0.1, 0.15) is 0 Å². The molecule has 0 fully saturated rings. The standard InChI is InChI=1S/C17H9ClF3IN4O2/c1-25-15-14(24-22-25)16(27)26(10-4-2-8(18)3-5-10)17(23-15)28-12-7-9(19)6-11(20)13(12)21/h2-7H,1H3. The summed E-state index contributed by atoms with van der Waals surface area (Å²) in [6.45, 7) is 0. The van der Waals surface area contributed by atoms with Crippen molar-refractivity contribution >= 4 is 44.4 Å². The SMILES string of the molecule is CN1I=Nc2c1nc(Oc1cc(F)cc(F)c1F)n(-c1ccc(Cl)cc1)c2=O. The molecule has 28 heavy (non-hydrogen) atoms. The van der Waals surface area contributed by atoms with Crippen LogP contribution in [0.15, 0.2) is 44.3 Å². The van der Waals surface area contributed by atoms with E-state index in [2.05, 4.69) is 8.13 Å². The molecule has 1 aliphatic rings. The van der Waals surface area contributed by atoms with Gasteiger partial charge in [-0.25, -0.2) is 13.3 Å². The number of hydrogen-bond donors (Lipinski definition) is 0. The highest BCUT2D eigenvalue weighted by Gasteiger charge is 2.26. The smallest absolute Gasteiger partial charge is 0.311 e. The van der Waals surface area contributed by atoms with Gasteiger partial charge >= 0.3 is 6.01 Å². The monoisotopic (exact) mass is 520 g/mol. The first-order chi connectivity index (χ1) is 13.3. The lowest BCUT2D eigenvalue weighted by molar-refractivity contribution is 0.377. The van der Waals surface area contributed by atoms with Gasteiger partial charge in [0.15, 0.2) is 23.1 Å². The molecule has 1 aliphatic heterocycles. The molecule has 0 unspecified atom stereocenters. The number of benzene rings is 2. The van der Waals surface area contributed by atoms with Crippen LogP contribution in [0.5, 0.6) is 11.8 Å². The first kappa shape index (κ1) is 18.9. The molecule has 0 saturated heterocycles. The summed E-state index contributed by atoms with van der Waals surface area (Å²) in [5.41, 5.74) is -0.0907. The fourth-order valence-corrected chi connectivity index (χ4v) is 4.12. The second-order valence-electron chi connectivity index (χ2n) is 5.62. The molecule has 6 nitrogen and oxygen atoms in total. The molecular weight excluding hydrogens is 512 g/mol. The summed E-state index contributed by atoms with van der Waals surface area (Å²) in [5, 5.41) is 0.432. The number of halogens is 5. The molecule has 3 aromatic rings. The number of nitrogens with zero attached hydrogens (tertiary/aromatic N) is 4. The summed E-state index contributed by atoms with van der Waals surface area (Å²) in [6, 6.07) is 6.84. The van der Waals surface area contributed by atoms with E-state index in [1.54, 1.807) is 22.3 Å². The molecule has 0 N–H and O–H groups in total. The predicted octanol–water partition coefficient (Wildman–Crippen LogP) is 5.25. The highest BCUT2D eigenvalue weighted by atomic mass is 127. The number of fused-ring (bicyclic) bond motifs is 1. The summed E-state index contributed by atoms with van der Waals surface area (Å²) in [6.07, 6.45) is 0. The lowest BCUT2D eigenvalue weighted by atomic mass is 10.3. The van der Waals surface area contributed by atoms with E-state index in [0.29, 0.717) is 22.8 Å². The van der Waals surface area contributed by atoms with Crippen LogP contribution in [-0.4, -0.2) is 16.6 Å². The van der Waals surface area contributed by atoms with Crippen LogP contribution in [0, 0.1) is 17.5 Å². The minimum Gasteiger partial charge on any atom is -0.422 e. The molecule has 144 valence electrons. The molecule has 11 heteroatoms. The van der Waals surface area contributed by atoms with Gasteiger partial charge < -0.3 is 4.74 Å².